The summed E-state index contributed by atoms with van der Waals surface area (Å²) < 4.78 is 5.34. The van der Waals surface area contributed by atoms with E-state index in [1.54, 1.807) is 0 Å². The lowest BCUT2D eigenvalue weighted by atomic mass is 9.47. The lowest BCUT2D eigenvalue weighted by Crippen LogP contribution is -2.50. The van der Waals surface area contributed by atoms with Crippen molar-refractivity contribution < 1.29 is 9.53 Å². The molecule has 3 fully saturated rings. The molecule has 0 aromatic heterocycles. The third kappa shape index (κ3) is 2.32. The van der Waals surface area contributed by atoms with Crippen LogP contribution < -0.4 is 0 Å². The molecule has 23 heavy (non-hydrogen) atoms. The van der Waals surface area contributed by atoms with Crippen LogP contribution in [0.3, 0.4) is 0 Å². The number of carbonyl (C=O) groups excluding carboxylic acids is 1. The monoisotopic (exact) mass is 314 g/mol. The molecule has 0 bridgehead atoms. The van der Waals surface area contributed by atoms with Crippen LogP contribution in [0.1, 0.15) is 65.7 Å². The highest BCUT2D eigenvalue weighted by atomic mass is 16.5. The van der Waals surface area contributed by atoms with Crippen LogP contribution in [-0.4, -0.2) is 5.97 Å². The summed E-state index contributed by atoms with van der Waals surface area (Å²) in [5.74, 6) is 3.76. The number of ether oxygens (including phenoxy) is 1. The molecule has 0 N–H and O–H groups in total. The van der Waals surface area contributed by atoms with Gasteiger partial charge in [-0.15, -0.1) is 0 Å². The fraction of sp³-hybridized carbons (Fsp3) is 0.762. The van der Waals surface area contributed by atoms with Crippen LogP contribution >= 0.6 is 0 Å². The van der Waals surface area contributed by atoms with Crippen molar-refractivity contribution in [3.63, 3.8) is 0 Å². The highest BCUT2D eigenvalue weighted by molar-refractivity contribution is 5.67. The van der Waals surface area contributed by atoms with Crippen LogP contribution in [0.5, 0.6) is 0 Å². The molecule has 0 aromatic carbocycles. The summed E-state index contributed by atoms with van der Waals surface area (Å²) in [5, 5.41) is 0. The first-order chi connectivity index (χ1) is 10.9. The molecule has 0 radical (unpaired) electrons. The van der Waals surface area contributed by atoms with Gasteiger partial charge in [0.1, 0.15) is 5.76 Å². The Labute approximate surface area is 140 Å². The maximum Gasteiger partial charge on any atom is 0.308 e. The van der Waals surface area contributed by atoms with Gasteiger partial charge >= 0.3 is 5.97 Å². The van der Waals surface area contributed by atoms with Gasteiger partial charge in [0, 0.05) is 6.92 Å². The number of allylic oxidation sites excluding steroid dienone is 3. The van der Waals surface area contributed by atoms with Crippen LogP contribution in [0.4, 0.5) is 0 Å². The van der Waals surface area contributed by atoms with Gasteiger partial charge in [-0.3, -0.25) is 4.79 Å². The number of carbonyl (C=O) groups is 1. The smallest absolute Gasteiger partial charge is 0.308 e. The normalized spacial score (nSPS) is 48.0. The molecule has 4 rings (SSSR count). The summed E-state index contributed by atoms with van der Waals surface area (Å²) in [5.41, 5.74) is 0.887. The number of rotatable bonds is 1. The standard InChI is InChI=1S/C21H30O2/c1-14(22)23-16-8-12-21(3)15(13-16)6-7-17-18-5-4-10-20(18,2)11-9-19(17)21/h8,12-13,15,17-19H,4-7,9-11H2,1-3H3/t15?,17-,18-,19-,20-,21-/m0/s1. The van der Waals surface area contributed by atoms with E-state index in [9.17, 15) is 4.79 Å². The molecule has 6 atom stereocenters. The van der Waals surface area contributed by atoms with Crippen molar-refractivity contribution in [1.82, 2.24) is 0 Å². The molecule has 0 saturated heterocycles. The summed E-state index contributed by atoms with van der Waals surface area (Å²) >= 11 is 0. The molecule has 0 spiro atoms. The Kier molecular flexibility index (Phi) is 3.52. The SMILES string of the molecule is CC(=O)OC1=CC2CC[C@H]3[C@@H]4CCC[C@@]4(C)CC[C@@H]3[C@@]2(C)C=C1. The maximum atomic E-state index is 11.2. The Balaban J connectivity index is 1.60. The Morgan fingerprint density at radius 1 is 1.13 bits per heavy atom. The van der Waals surface area contributed by atoms with E-state index in [1.165, 1.54) is 51.9 Å². The van der Waals surface area contributed by atoms with Crippen molar-refractivity contribution in [3.05, 3.63) is 24.0 Å². The lowest BCUT2D eigenvalue weighted by molar-refractivity contribution is -0.136. The van der Waals surface area contributed by atoms with Gasteiger partial charge in [0.15, 0.2) is 0 Å². The van der Waals surface area contributed by atoms with Gasteiger partial charge in [0.2, 0.25) is 0 Å². The van der Waals surface area contributed by atoms with Crippen molar-refractivity contribution in [1.29, 1.82) is 0 Å². The molecule has 4 aliphatic carbocycles. The molecule has 2 heteroatoms. The van der Waals surface area contributed by atoms with Gasteiger partial charge in [-0.1, -0.05) is 26.3 Å². The van der Waals surface area contributed by atoms with Gasteiger partial charge in [-0.25, -0.2) is 0 Å². The molecule has 4 aliphatic rings. The van der Waals surface area contributed by atoms with E-state index in [2.05, 4.69) is 32.1 Å². The van der Waals surface area contributed by atoms with Gasteiger partial charge < -0.3 is 4.74 Å². The van der Waals surface area contributed by atoms with E-state index >= 15 is 0 Å². The topological polar surface area (TPSA) is 26.3 Å². The number of hydrogen-bond acceptors (Lipinski definition) is 2. The van der Waals surface area contributed by atoms with Crippen molar-refractivity contribution in [3.8, 4) is 0 Å². The molecule has 0 aliphatic heterocycles. The average molecular weight is 314 g/mol. The van der Waals surface area contributed by atoms with Crippen LogP contribution in [0.15, 0.2) is 24.0 Å². The summed E-state index contributed by atoms with van der Waals surface area (Å²) in [6.07, 6.45) is 16.4. The van der Waals surface area contributed by atoms with E-state index in [0.29, 0.717) is 11.3 Å². The van der Waals surface area contributed by atoms with E-state index in [4.69, 9.17) is 4.74 Å². The predicted molar refractivity (Wildman–Crippen MR) is 91.5 cm³/mol. The van der Waals surface area contributed by atoms with E-state index in [-0.39, 0.29) is 11.4 Å². The van der Waals surface area contributed by atoms with Gasteiger partial charge in [0.05, 0.1) is 0 Å². The first kappa shape index (κ1) is 15.5. The highest BCUT2D eigenvalue weighted by Crippen LogP contribution is 2.64. The molecule has 1 unspecified atom stereocenters. The number of esters is 1. The summed E-state index contributed by atoms with van der Waals surface area (Å²) in [7, 11) is 0. The lowest BCUT2D eigenvalue weighted by Gasteiger charge is -2.57. The van der Waals surface area contributed by atoms with E-state index < -0.39 is 0 Å². The second-order valence-electron chi connectivity index (χ2n) is 9.01. The minimum Gasteiger partial charge on any atom is -0.427 e. The van der Waals surface area contributed by atoms with Crippen LogP contribution in [0.25, 0.3) is 0 Å². The first-order valence-corrected chi connectivity index (χ1v) is 9.52. The Hall–Kier alpha value is -1.05. The number of hydrogen-bond donors (Lipinski definition) is 0. The van der Waals surface area contributed by atoms with Crippen molar-refractivity contribution in [2.45, 2.75) is 65.7 Å². The van der Waals surface area contributed by atoms with Crippen molar-refractivity contribution >= 4 is 5.97 Å². The number of fused-ring (bicyclic) bond motifs is 5. The predicted octanol–water partition coefficient (Wildman–Crippen LogP) is 5.25. The molecule has 0 amide bonds. The van der Waals surface area contributed by atoms with Crippen LogP contribution in [-0.2, 0) is 9.53 Å². The zero-order valence-electron chi connectivity index (χ0n) is 14.8. The van der Waals surface area contributed by atoms with E-state index in [1.807, 2.05) is 0 Å². The van der Waals surface area contributed by atoms with Gasteiger partial charge in [-0.2, -0.15) is 0 Å². The summed E-state index contributed by atoms with van der Waals surface area (Å²) in [4.78, 5) is 11.2. The molecule has 0 heterocycles. The Morgan fingerprint density at radius 2 is 1.96 bits per heavy atom. The Bertz CT molecular complexity index is 574. The zero-order chi connectivity index (χ0) is 16.2. The summed E-state index contributed by atoms with van der Waals surface area (Å²) in [6.45, 7) is 6.51. The zero-order valence-corrected chi connectivity index (χ0v) is 14.8. The molecular weight excluding hydrogens is 284 g/mol. The first-order valence-electron chi connectivity index (χ1n) is 9.52. The van der Waals surface area contributed by atoms with Crippen LogP contribution in [0, 0.1) is 34.5 Å². The minimum absolute atomic E-state index is 0.211. The van der Waals surface area contributed by atoms with Gasteiger partial charge in [-0.05, 0) is 85.2 Å². The second-order valence-corrected chi connectivity index (χ2v) is 9.01. The molecule has 0 aromatic rings. The van der Waals surface area contributed by atoms with Crippen molar-refractivity contribution in [2.24, 2.45) is 34.5 Å². The quantitative estimate of drug-likeness (QED) is 0.618. The highest BCUT2D eigenvalue weighted by Gasteiger charge is 2.56. The molecule has 3 saturated carbocycles. The molecule has 126 valence electrons. The minimum atomic E-state index is -0.211. The van der Waals surface area contributed by atoms with E-state index in [0.717, 1.165) is 23.5 Å². The fourth-order valence-electron chi connectivity index (χ4n) is 6.67. The van der Waals surface area contributed by atoms with Crippen LogP contribution in [0.2, 0.25) is 0 Å². The third-order valence-electron chi connectivity index (χ3n) is 7.86. The molecule has 2 nitrogen and oxygen atoms in total. The largest absolute Gasteiger partial charge is 0.427 e. The summed E-state index contributed by atoms with van der Waals surface area (Å²) in [6, 6.07) is 0. The van der Waals surface area contributed by atoms with Gasteiger partial charge in [0.25, 0.3) is 0 Å². The molecular formula is C21H30O2. The maximum absolute atomic E-state index is 11.2. The second kappa shape index (κ2) is 5.22. The third-order valence-corrected chi connectivity index (χ3v) is 7.86. The Morgan fingerprint density at radius 3 is 2.74 bits per heavy atom. The fourth-order valence-corrected chi connectivity index (χ4v) is 6.67. The average Bonchev–Trinajstić information content (AvgIpc) is 2.89. The van der Waals surface area contributed by atoms with Crippen molar-refractivity contribution in [2.75, 3.05) is 0 Å².